The number of hydrogen-bond acceptors (Lipinski definition) is 5. The van der Waals surface area contributed by atoms with Gasteiger partial charge in [0.25, 0.3) is 0 Å². The molecule has 0 amide bonds. The second kappa shape index (κ2) is 4.82. The van der Waals surface area contributed by atoms with Crippen molar-refractivity contribution in [2.75, 3.05) is 0 Å². The fourth-order valence-corrected chi connectivity index (χ4v) is 1.43. The number of aromatic nitrogens is 4. The zero-order valence-electron chi connectivity index (χ0n) is 9.99. The lowest BCUT2D eigenvalue weighted by atomic mass is 10.3. The molecule has 7 nitrogen and oxygen atoms in total. The minimum absolute atomic E-state index is 0.0982. The molecule has 0 saturated carbocycles. The Morgan fingerprint density at radius 2 is 2.28 bits per heavy atom. The van der Waals surface area contributed by atoms with Crippen LogP contribution in [0.3, 0.4) is 0 Å². The van der Waals surface area contributed by atoms with Gasteiger partial charge in [-0.05, 0) is 19.1 Å². The third-order valence-electron chi connectivity index (χ3n) is 2.23. The molecule has 2 heterocycles. The van der Waals surface area contributed by atoms with E-state index in [9.17, 15) is 4.79 Å². The Labute approximate surface area is 103 Å². The van der Waals surface area contributed by atoms with Gasteiger partial charge in [0.1, 0.15) is 12.3 Å². The highest BCUT2D eigenvalue weighted by Gasteiger charge is 2.14. The summed E-state index contributed by atoms with van der Waals surface area (Å²) < 4.78 is 6.94. The van der Waals surface area contributed by atoms with Crippen LogP contribution < -0.4 is 4.74 Å². The number of carboxylic acids is 1. The van der Waals surface area contributed by atoms with E-state index in [1.807, 2.05) is 0 Å². The summed E-state index contributed by atoms with van der Waals surface area (Å²) in [5, 5.41) is 16.6. The van der Waals surface area contributed by atoms with Crippen LogP contribution in [-0.2, 0) is 13.7 Å². The molecule has 7 heteroatoms. The SMILES string of the molecule is Cc1ccc(OCc2cn(C)nn2)c(C(=O)O)n1. The van der Waals surface area contributed by atoms with Crippen LogP contribution in [0.25, 0.3) is 0 Å². The van der Waals surface area contributed by atoms with Crippen LogP contribution in [-0.4, -0.2) is 31.1 Å². The molecular formula is C11H12N4O3. The van der Waals surface area contributed by atoms with E-state index >= 15 is 0 Å². The van der Waals surface area contributed by atoms with Gasteiger partial charge in [-0.2, -0.15) is 0 Å². The maximum atomic E-state index is 11.0. The fraction of sp³-hybridized carbons (Fsp3) is 0.273. The smallest absolute Gasteiger partial charge is 0.358 e. The van der Waals surface area contributed by atoms with E-state index in [2.05, 4.69) is 15.3 Å². The molecule has 2 aromatic rings. The summed E-state index contributed by atoms with van der Waals surface area (Å²) in [4.78, 5) is 14.9. The minimum Gasteiger partial charge on any atom is -0.485 e. The topological polar surface area (TPSA) is 90.1 Å². The van der Waals surface area contributed by atoms with Gasteiger partial charge in [-0.25, -0.2) is 9.78 Å². The largest absolute Gasteiger partial charge is 0.485 e. The number of carboxylic acid groups (broad SMARTS) is 1. The summed E-state index contributed by atoms with van der Waals surface area (Å²) in [5.74, 6) is -0.897. The first-order valence-corrected chi connectivity index (χ1v) is 5.25. The van der Waals surface area contributed by atoms with Crippen molar-refractivity contribution in [2.45, 2.75) is 13.5 Å². The minimum atomic E-state index is -1.12. The van der Waals surface area contributed by atoms with Gasteiger partial charge in [-0.3, -0.25) is 4.68 Å². The molecule has 1 N–H and O–H groups in total. The van der Waals surface area contributed by atoms with Crippen molar-refractivity contribution in [2.24, 2.45) is 7.05 Å². The number of hydrogen-bond donors (Lipinski definition) is 1. The van der Waals surface area contributed by atoms with Gasteiger partial charge in [0.05, 0.1) is 6.20 Å². The second-order valence-corrected chi connectivity index (χ2v) is 3.78. The normalized spacial score (nSPS) is 10.3. The monoisotopic (exact) mass is 248 g/mol. The van der Waals surface area contributed by atoms with Gasteiger partial charge in [-0.15, -0.1) is 5.10 Å². The molecule has 0 unspecified atom stereocenters. The molecule has 0 bridgehead atoms. The molecule has 0 aliphatic heterocycles. The van der Waals surface area contributed by atoms with Gasteiger partial charge in [0, 0.05) is 12.7 Å². The Balaban J connectivity index is 2.16. The lowest BCUT2D eigenvalue weighted by Crippen LogP contribution is -2.07. The van der Waals surface area contributed by atoms with E-state index in [-0.39, 0.29) is 18.1 Å². The molecule has 94 valence electrons. The van der Waals surface area contributed by atoms with Crippen LogP contribution in [0.1, 0.15) is 21.9 Å². The van der Waals surface area contributed by atoms with Gasteiger partial charge in [0.2, 0.25) is 0 Å². The molecule has 0 saturated heterocycles. The average molecular weight is 248 g/mol. The fourth-order valence-electron chi connectivity index (χ4n) is 1.43. The van der Waals surface area contributed by atoms with Crippen LogP contribution in [0.5, 0.6) is 5.75 Å². The van der Waals surface area contributed by atoms with Crippen molar-refractivity contribution in [1.29, 1.82) is 0 Å². The van der Waals surface area contributed by atoms with Crippen LogP contribution in [0, 0.1) is 6.92 Å². The van der Waals surface area contributed by atoms with Crippen LogP contribution in [0.4, 0.5) is 0 Å². The van der Waals surface area contributed by atoms with Crippen molar-refractivity contribution in [3.63, 3.8) is 0 Å². The Morgan fingerprint density at radius 3 is 2.89 bits per heavy atom. The molecule has 0 atom stereocenters. The summed E-state index contributed by atoms with van der Waals surface area (Å²) in [6, 6.07) is 3.28. The third kappa shape index (κ3) is 2.62. The highest BCUT2D eigenvalue weighted by Crippen LogP contribution is 2.18. The van der Waals surface area contributed by atoms with E-state index in [0.29, 0.717) is 11.4 Å². The van der Waals surface area contributed by atoms with Crippen LogP contribution >= 0.6 is 0 Å². The maximum absolute atomic E-state index is 11.0. The average Bonchev–Trinajstić information content (AvgIpc) is 2.73. The summed E-state index contributed by atoms with van der Waals surface area (Å²) >= 11 is 0. The highest BCUT2D eigenvalue weighted by atomic mass is 16.5. The number of aryl methyl sites for hydroxylation is 2. The van der Waals surface area contributed by atoms with Gasteiger partial charge in [-0.1, -0.05) is 5.21 Å². The number of carbonyl (C=O) groups is 1. The first-order chi connectivity index (χ1) is 8.56. The van der Waals surface area contributed by atoms with E-state index in [1.165, 1.54) is 0 Å². The van der Waals surface area contributed by atoms with Crippen molar-refractivity contribution < 1.29 is 14.6 Å². The lowest BCUT2D eigenvalue weighted by Gasteiger charge is -2.07. The predicted molar refractivity (Wildman–Crippen MR) is 61.3 cm³/mol. The molecule has 0 spiro atoms. The van der Waals surface area contributed by atoms with Crippen molar-refractivity contribution >= 4 is 5.97 Å². The molecule has 2 aromatic heterocycles. The number of nitrogens with zero attached hydrogens (tertiary/aromatic N) is 4. The standard InChI is InChI=1S/C11H12N4O3/c1-7-3-4-9(10(12-7)11(16)17)18-6-8-5-15(2)14-13-8/h3-5H,6H2,1-2H3,(H,16,17). The summed E-state index contributed by atoms with van der Waals surface area (Å²) in [7, 11) is 1.74. The predicted octanol–water partition coefficient (Wildman–Crippen LogP) is 0.796. The van der Waals surface area contributed by atoms with Gasteiger partial charge >= 0.3 is 5.97 Å². The zero-order chi connectivity index (χ0) is 13.1. The lowest BCUT2D eigenvalue weighted by molar-refractivity contribution is 0.0684. The van der Waals surface area contributed by atoms with E-state index in [0.717, 1.165) is 0 Å². The number of ether oxygens (including phenoxy) is 1. The Hall–Kier alpha value is -2.44. The molecule has 0 aromatic carbocycles. The number of pyridine rings is 1. The van der Waals surface area contributed by atoms with Crippen molar-refractivity contribution in [3.8, 4) is 5.75 Å². The molecule has 0 radical (unpaired) electrons. The molecule has 18 heavy (non-hydrogen) atoms. The van der Waals surface area contributed by atoms with Crippen molar-refractivity contribution in [3.05, 3.63) is 35.4 Å². The second-order valence-electron chi connectivity index (χ2n) is 3.78. The first kappa shape index (κ1) is 12.0. The van der Waals surface area contributed by atoms with Crippen LogP contribution in [0.15, 0.2) is 18.3 Å². The Morgan fingerprint density at radius 1 is 1.50 bits per heavy atom. The highest BCUT2D eigenvalue weighted by molar-refractivity contribution is 5.88. The summed E-state index contributed by atoms with van der Waals surface area (Å²) in [6.07, 6.45) is 1.70. The molecule has 0 aliphatic carbocycles. The molecular weight excluding hydrogens is 236 g/mol. The first-order valence-electron chi connectivity index (χ1n) is 5.25. The molecule has 2 rings (SSSR count). The van der Waals surface area contributed by atoms with Crippen molar-refractivity contribution in [1.82, 2.24) is 20.0 Å². The maximum Gasteiger partial charge on any atom is 0.358 e. The molecule has 0 aliphatic rings. The number of rotatable bonds is 4. The summed E-state index contributed by atoms with van der Waals surface area (Å²) in [5.41, 5.74) is 1.15. The van der Waals surface area contributed by atoms with E-state index in [1.54, 1.807) is 37.0 Å². The van der Waals surface area contributed by atoms with E-state index < -0.39 is 5.97 Å². The van der Waals surface area contributed by atoms with Gasteiger partial charge < -0.3 is 9.84 Å². The Bertz CT molecular complexity index is 579. The summed E-state index contributed by atoms with van der Waals surface area (Å²) in [6.45, 7) is 1.87. The molecule has 0 fully saturated rings. The van der Waals surface area contributed by atoms with Crippen LogP contribution in [0.2, 0.25) is 0 Å². The zero-order valence-corrected chi connectivity index (χ0v) is 9.99. The quantitative estimate of drug-likeness (QED) is 0.860. The van der Waals surface area contributed by atoms with E-state index in [4.69, 9.17) is 9.84 Å². The Kier molecular flexibility index (Phi) is 3.22. The third-order valence-corrected chi connectivity index (χ3v) is 2.23. The van der Waals surface area contributed by atoms with Gasteiger partial charge in [0.15, 0.2) is 11.4 Å². The number of aromatic carboxylic acids is 1.